The normalized spacial score (nSPS) is 38.3. The number of carbonyl (C=O) groups excluding carboxylic acids is 3. The van der Waals surface area contributed by atoms with Crippen molar-refractivity contribution in [1.29, 1.82) is 0 Å². The van der Waals surface area contributed by atoms with Gasteiger partial charge in [-0.15, -0.1) is 0 Å². The molecule has 4 fully saturated rings. The summed E-state index contributed by atoms with van der Waals surface area (Å²) >= 11 is 0. The van der Waals surface area contributed by atoms with Crippen LogP contribution in [0.4, 0.5) is 4.79 Å². The molecule has 2 N–H and O–H groups in total. The molecule has 6 nitrogen and oxygen atoms in total. The summed E-state index contributed by atoms with van der Waals surface area (Å²) in [6.45, 7) is 0.901. The zero-order chi connectivity index (χ0) is 15.3. The van der Waals surface area contributed by atoms with E-state index in [4.69, 9.17) is 0 Å². The molecular weight excluding hydrogens is 282 g/mol. The van der Waals surface area contributed by atoms with Crippen molar-refractivity contribution in [2.75, 3.05) is 13.1 Å². The Morgan fingerprint density at radius 1 is 1.18 bits per heavy atom. The molecule has 1 spiro atoms. The Morgan fingerprint density at radius 3 is 2.64 bits per heavy atom. The molecule has 2 aliphatic carbocycles. The van der Waals surface area contributed by atoms with Crippen LogP contribution >= 0.6 is 0 Å². The van der Waals surface area contributed by atoms with Crippen LogP contribution in [0.2, 0.25) is 0 Å². The SMILES string of the molecule is O=C1NC(=O)C2(CCN(C(=O)C3CC3C3CCCCC3)C2)N1. The van der Waals surface area contributed by atoms with Crippen LogP contribution < -0.4 is 10.6 Å². The van der Waals surface area contributed by atoms with E-state index in [0.717, 1.165) is 12.3 Å². The Kier molecular flexibility index (Phi) is 3.16. The molecule has 2 aliphatic heterocycles. The van der Waals surface area contributed by atoms with Crippen LogP contribution in [0.3, 0.4) is 0 Å². The van der Waals surface area contributed by atoms with Crippen LogP contribution in [0.1, 0.15) is 44.9 Å². The molecule has 0 aromatic rings. The molecule has 0 aromatic heterocycles. The lowest BCUT2D eigenvalue weighted by molar-refractivity contribution is -0.132. The van der Waals surface area contributed by atoms with Crippen molar-refractivity contribution in [3.05, 3.63) is 0 Å². The fourth-order valence-corrected chi connectivity index (χ4v) is 4.63. The minimum atomic E-state index is -0.873. The fourth-order valence-electron chi connectivity index (χ4n) is 4.63. The van der Waals surface area contributed by atoms with Crippen LogP contribution in [0.5, 0.6) is 0 Å². The second kappa shape index (κ2) is 4.96. The predicted octanol–water partition coefficient (Wildman–Crippen LogP) is 1.01. The van der Waals surface area contributed by atoms with Gasteiger partial charge in [-0.2, -0.15) is 0 Å². The first-order chi connectivity index (χ1) is 10.6. The highest BCUT2D eigenvalue weighted by Crippen LogP contribution is 2.50. The summed E-state index contributed by atoms with van der Waals surface area (Å²) in [6, 6.07) is -0.439. The van der Waals surface area contributed by atoms with Gasteiger partial charge in [0.1, 0.15) is 5.54 Å². The number of carbonyl (C=O) groups is 3. The minimum Gasteiger partial charge on any atom is -0.339 e. The maximum absolute atomic E-state index is 12.7. The van der Waals surface area contributed by atoms with E-state index in [2.05, 4.69) is 10.6 Å². The molecule has 2 heterocycles. The smallest absolute Gasteiger partial charge is 0.322 e. The van der Waals surface area contributed by atoms with Crippen LogP contribution in [0, 0.1) is 17.8 Å². The highest BCUT2D eigenvalue weighted by Gasteiger charge is 2.55. The fraction of sp³-hybridized carbons (Fsp3) is 0.812. The van der Waals surface area contributed by atoms with E-state index in [-0.39, 0.29) is 17.7 Å². The molecule has 4 rings (SSSR count). The van der Waals surface area contributed by atoms with Crippen LogP contribution in [0.25, 0.3) is 0 Å². The molecule has 4 amide bonds. The number of nitrogens with zero attached hydrogens (tertiary/aromatic N) is 1. The summed E-state index contributed by atoms with van der Waals surface area (Å²) in [5.41, 5.74) is -0.873. The van der Waals surface area contributed by atoms with Crippen molar-refractivity contribution in [1.82, 2.24) is 15.5 Å². The number of rotatable bonds is 2. The van der Waals surface area contributed by atoms with E-state index >= 15 is 0 Å². The number of nitrogens with one attached hydrogen (secondary N) is 2. The highest BCUT2D eigenvalue weighted by molar-refractivity contribution is 6.07. The molecule has 0 radical (unpaired) electrons. The van der Waals surface area contributed by atoms with Gasteiger partial charge in [0.2, 0.25) is 5.91 Å². The summed E-state index contributed by atoms with van der Waals surface area (Å²) < 4.78 is 0. The zero-order valence-electron chi connectivity index (χ0n) is 12.8. The quantitative estimate of drug-likeness (QED) is 0.748. The van der Waals surface area contributed by atoms with Crippen molar-refractivity contribution in [3.8, 4) is 0 Å². The Hall–Kier alpha value is -1.59. The lowest BCUT2D eigenvalue weighted by Gasteiger charge is -2.23. The van der Waals surface area contributed by atoms with E-state index in [1.54, 1.807) is 4.90 Å². The third kappa shape index (κ3) is 2.20. The van der Waals surface area contributed by atoms with Gasteiger partial charge in [0.25, 0.3) is 5.91 Å². The summed E-state index contributed by atoms with van der Waals surface area (Å²) in [4.78, 5) is 37.8. The third-order valence-corrected chi connectivity index (χ3v) is 6.01. The van der Waals surface area contributed by atoms with E-state index in [1.807, 2.05) is 0 Å². The van der Waals surface area contributed by atoms with Crippen LogP contribution in [-0.4, -0.2) is 41.4 Å². The maximum Gasteiger partial charge on any atom is 0.322 e. The monoisotopic (exact) mass is 305 g/mol. The molecule has 22 heavy (non-hydrogen) atoms. The molecule has 0 aromatic carbocycles. The average molecular weight is 305 g/mol. The van der Waals surface area contributed by atoms with Gasteiger partial charge in [-0.3, -0.25) is 14.9 Å². The number of imide groups is 1. The Bertz CT molecular complexity index is 529. The van der Waals surface area contributed by atoms with Gasteiger partial charge in [-0.25, -0.2) is 4.79 Å². The van der Waals surface area contributed by atoms with E-state index < -0.39 is 11.6 Å². The van der Waals surface area contributed by atoms with Gasteiger partial charge < -0.3 is 10.2 Å². The predicted molar refractivity (Wildman–Crippen MR) is 78.8 cm³/mol. The Balaban J connectivity index is 1.37. The lowest BCUT2D eigenvalue weighted by atomic mass is 9.85. The molecule has 120 valence electrons. The number of hydrogen-bond acceptors (Lipinski definition) is 3. The first-order valence-corrected chi connectivity index (χ1v) is 8.51. The standard InChI is InChI=1S/C16H23N3O3/c20-13(12-8-11(12)10-4-2-1-3-5-10)19-7-6-16(9-19)14(21)17-15(22)18-16/h10-12H,1-9H2,(H2,17,18,21,22). The van der Waals surface area contributed by atoms with Crippen LogP contribution in [0.15, 0.2) is 0 Å². The van der Waals surface area contributed by atoms with Crippen LogP contribution in [-0.2, 0) is 9.59 Å². The second-order valence-electron chi connectivity index (χ2n) is 7.40. The highest BCUT2D eigenvalue weighted by atomic mass is 16.2. The lowest BCUT2D eigenvalue weighted by Crippen LogP contribution is -2.49. The summed E-state index contributed by atoms with van der Waals surface area (Å²) in [6.07, 6.45) is 8.05. The molecular formula is C16H23N3O3. The molecule has 2 saturated heterocycles. The summed E-state index contributed by atoms with van der Waals surface area (Å²) in [7, 11) is 0. The Morgan fingerprint density at radius 2 is 1.95 bits per heavy atom. The van der Waals surface area contributed by atoms with Gasteiger partial charge in [0.05, 0.1) is 6.54 Å². The number of urea groups is 1. The van der Waals surface area contributed by atoms with Crippen molar-refractivity contribution in [3.63, 3.8) is 0 Å². The molecule has 2 saturated carbocycles. The van der Waals surface area contributed by atoms with Gasteiger partial charge >= 0.3 is 6.03 Å². The molecule has 3 unspecified atom stereocenters. The topological polar surface area (TPSA) is 78.5 Å². The Labute approximate surface area is 130 Å². The molecule has 3 atom stereocenters. The van der Waals surface area contributed by atoms with Crippen molar-refractivity contribution < 1.29 is 14.4 Å². The molecule has 0 bridgehead atoms. The van der Waals surface area contributed by atoms with Gasteiger partial charge in [0, 0.05) is 12.5 Å². The zero-order valence-corrected chi connectivity index (χ0v) is 12.8. The van der Waals surface area contributed by atoms with E-state index in [1.165, 1.54) is 32.1 Å². The van der Waals surface area contributed by atoms with E-state index in [0.29, 0.717) is 25.4 Å². The summed E-state index contributed by atoms with van der Waals surface area (Å²) in [5.74, 6) is 1.37. The first-order valence-electron chi connectivity index (χ1n) is 8.51. The third-order valence-electron chi connectivity index (χ3n) is 6.01. The molecule has 6 heteroatoms. The molecule has 4 aliphatic rings. The number of amides is 4. The van der Waals surface area contributed by atoms with Gasteiger partial charge in [0.15, 0.2) is 0 Å². The number of hydrogen-bond donors (Lipinski definition) is 2. The summed E-state index contributed by atoms with van der Waals surface area (Å²) in [5, 5.41) is 4.99. The van der Waals surface area contributed by atoms with Gasteiger partial charge in [-0.05, 0) is 24.7 Å². The maximum atomic E-state index is 12.7. The van der Waals surface area contributed by atoms with Crippen molar-refractivity contribution in [2.24, 2.45) is 17.8 Å². The number of likely N-dealkylation sites (tertiary alicyclic amines) is 1. The van der Waals surface area contributed by atoms with Gasteiger partial charge in [-0.1, -0.05) is 32.1 Å². The minimum absolute atomic E-state index is 0.165. The van der Waals surface area contributed by atoms with Crippen molar-refractivity contribution >= 4 is 17.8 Å². The second-order valence-corrected chi connectivity index (χ2v) is 7.40. The largest absolute Gasteiger partial charge is 0.339 e. The average Bonchev–Trinajstić information content (AvgIpc) is 3.13. The first kappa shape index (κ1) is 14.0. The van der Waals surface area contributed by atoms with E-state index in [9.17, 15) is 14.4 Å². The van der Waals surface area contributed by atoms with Crippen molar-refractivity contribution in [2.45, 2.75) is 50.5 Å².